The average molecular weight is 331 g/mol. The summed E-state index contributed by atoms with van der Waals surface area (Å²) in [5.74, 6) is 0.290. The zero-order chi connectivity index (χ0) is 16.2. The number of anilines is 1. The van der Waals surface area contributed by atoms with Crippen molar-refractivity contribution in [2.45, 2.75) is 26.2 Å². The molecule has 122 valence electrons. The van der Waals surface area contributed by atoms with Crippen LogP contribution in [-0.2, 0) is 9.53 Å². The van der Waals surface area contributed by atoms with E-state index in [1.165, 1.54) is 16.9 Å². The number of nitrogens with zero attached hydrogens (tertiary/aromatic N) is 3. The number of amides is 1. The number of carbonyl (C=O) groups excluding carboxylic acids is 1. The Morgan fingerprint density at radius 2 is 2.22 bits per heavy atom. The molecule has 1 aliphatic carbocycles. The predicted octanol–water partition coefficient (Wildman–Crippen LogP) is 3.29. The number of aryl methyl sites for hydroxylation is 1. The summed E-state index contributed by atoms with van der Waals surface area (Å²) >= 11 is 1.46. The van der Waals surface area contributed by atoms with Gasteiger partial charge in [-0.3, -0.25) is 9.69 Å². The number of methoxy groups -OCH3 is 1. The first kappa shape index (κ1) is 16.1. The lowest BCUT2D eigenvalue weighted by Gasteiger charge is -2.29. The number of rotatable bonds is 6. The van der Waals surface area contributed by atoms with Crippen LogP contribution in [0.15, 0.2) is 24.3 Å². The fraction of sp³-hybridized carbons (Fsp3) is 0.471. The molecule has 6 heteroatoms. The number of aromatic nitrogens is 2. The van der Waals surface area contributed by atoms with E-state index in [0.29, 0.717) is 18.3 Å². The summed E-state index contributed by atoms with van der Waals surface area (Å²) < 4.78 is 5.15. The van der Waals surface area contributed by atoms with Crippen molar-refractivity contribution in [2.24, 2.45) is 5.92 Å². The van der Waals surface area contributed by atoms with E-state index in [0.717, 1.165) is 29.8 Å². The third-order valence-corrected chi connectivity index (χ3v) is 5.15. The second-order valence-corrected chi connectivity index (χ2v) is 6.83. The van der Waals surface area contributed by atoms with Gasteiger partial charge >= 0.3 is 0 Å². The molecule has 23 heavy (non-hydrogen) atoms. The lowest BCUT2D eigenvalue weighted by Crippen LogP contribution is -2.40. The summed E-state index contributed by atoms with van der Waals surface area (Å²) in [5.41, 5.74) is 2.22. The van der Waals surface area contributed by atoms with Crippen LogP contribution in [0.25, 0.3) is 10.6 Å². The first-order chi connectivity index (χ1) is 11.2. The van der Waals surface area contributed by atoms with E-state index in [-0.39, 0.29) is 11.8 Å². The molecule has 5 nitrogen and oxygen atoms in total. The lowest BCUT2D eigenvalue weighted by atomic mass is 9.84. The minimum absolute atomic E-state index is 0.137. The second-order valence-electron chi connectivity index (χ2n) is 5.87. The van der Waals surface area contributed by atoms with Crippen molar-refractivity contribution >= 4 is 22.4 Å². The van der Waals surface area contributed by atoms with E-state index in [4.69, 9.17) is 4.74 Å². The van der Waals surface area contributed by atoms with Gasteiger partial charge in [0.1, 0.15) is 5.01 Å². The van der Waals surface area contributed by atoms with Crippen LogP contribution in [0, 0.1) is 12.8 Å². The standard InChI is InChI=1S/C17H21N3O2S/c1-12-5-3-8-14(11-12)15-18-19-17(23-15)20(9-10-22-2)16(21)13-6-4-7-13/h3,5,8,11,13H,4,6-7,9-10H2,1-2H3. The molecule has 0 unspecified atom stereocenters. The molecule has 1 saturated carbocycles. The second kappa shape index (κ2) is 7.19. The summed E-state index contributed by atoms with van der Waals surface area (Å²) in [6.45, 7) is 3.07. The van der Waals surface area contributed by atoms with Crippen LogP contribution in [0.2, 0.25) is 0 Å². The van der Waals surface area contributed by atoms with Gasteiger partial charge in [-0.1, -0.05) is 41.5 Å². The van der Waals surface area contributed by atoms with Crippen LogP contribution >= 0.6 is 11.3 Å². The van der Waals surface area contributed by atoms with Crippen molar-refractivity contribution in [3.05, 3.63) is 29.8 Å². The molecule has 1 heterocycles. The molecule has 0 atom stereocenters. The van der Waals surface area contributed by atoms with E-state index in [1.54, 1.807) is 12.0 Å². The monoisotopic (exact) mass is 331 g/mol. The highest BCUT2D eigenvalue weighted by molar-refractivity contribution is 7.18. The molecule has 1 aromatic heterocycles. The quantitative estimate of drug-likeness (QED) is 0.815. The first-order valence-electron chi connectivity index (χ1n) is 7.90. The predicted molar refractivity (Wildman–Crippen MR) is 91.7 cm³/mol. The van der Waals surface area contributed by atoms with Crippen molar-refractivity contribution in [1.29, 1.82) is 0 Å². The summed E-state index contributed by atoms with van der Waals surface area (Å²) in [6, 6.07) is 8.16. The molecule has 3 rings (SSSR count). The van der Waals surface area contributed by atoms with E-state index < -0.39 is 0 Å². The van der Waals surface area contributed by atoms with Crippen LogP contribution in [0.1, 0.15) is 24.8 Å². The Hall–Kier alpha value is -1.79. The molecular formula is C17H21N3O2S. The molecule has 2 aromatic rings. The summed E-state index contributed by atoms with van der Waals surface area (Å²) in [4.78, 5) is 14.4. The van der Waals surface area contributed by atoms with Gasteiger partial charge in [-0.25, -0.2) is 0 Å². The molecule has 0 N–H and O–H groups in total. The zero-order valence-electron chi connectivity index (χ0n) is 13.5. The SMILES string of the molecule is COCCN(C(=O)C1CCC1)c1nnc(-c2cccc(C)c2)s1. The fourth-order valence-corrected chi connectivity index (χ4v) is 3.45. The Morgan fingerprint density at radius 1 is 1.39 bits per heavy atom. The molecule has 0 spiro atoms. The van der Waals surface area contributed by atoms with Gasteiger partial charge in [-0.05, 0) is 25.8 Å². The minimum Gasteiger partial charge on any atom is -0.383 e. The molecule has 0 aliphatic heterocycles. The number of hydrogen-bond acceptors (Lipinski definition) is 5. The molecule has 1 aromatic carbocycles. The van der Waals surface area contributed by atoms with E-state index in [2.05, 4.69) is 29.3 Å². The summed E-state index contributed by atoms with van der Waals surface area (Å²) in [6.07, 6.45) is 3.09. The molecule has 1 fully saturated rings. The van der Waals surface area contributed by atoms with Gasteiger partial charge in [0.2, 0.25) is 11.0 Å². The van der Waals surface area contributed by atoms with Crippen molar-refractivity contribution in [2.75, 3.05) is 25.2 Å². The maximum absolute atomic E-state index is 12.6. The van der Waals surface area contributed by atoms with Crippen molar-refractivity contribution < 1.29 is 9.53 Å². The van der Waals surface area contributed by atoms with E-state index in [9.17, 15) is 4.79 Å². The van der Waals surface area contributed by atoms with Crippen LogP contribution in [0.5, 0.6) is 0 Å². The topological polar surface area (TPSA) is 55.3 Å². The van der Waals surface area contributed by atoms with Crippen LogP contribution < -0.4 is 4.90 Å². The van der Waals surface area contributed by atoms with Gasteiger partial charge in [-0.15, -0.1) is 10.2 Å². The van der Waals surface area contributed by atoms with Crippen LogP contribution in [0.4, 0.5) is 5.13 Å². The largest absolute Gasteiger partial charge is 0.383 e. The number of carbonyl (C=O) groups is 1. The highest BCUT2D eigenvalue weighted by Crippen LogP contribution is 2.33. The number of benzene rings is 1. The molecular weight excluding hydrogens is 310 g/mol. The maximum Gasteiger partial charge on any atom is 0.232 e. The maximum atomic E-state index is 12.6. The van der Waals surface area contributed by atoms with Gasteiger partial charge in [-0.2, -0.15) is 0 Å². The number of hydrogen-bond donors (Lipinski definition) is 0. The summed E-state index contributed by atoms with van der Waals surface area (Å²) in [7, 11) is 1.64. The van der Waals surface area contributed by atoms with Crippen LogP contribution in [-0.4, -0.2) is 36.4 Å². The Labute approximate surface area is 140 Å². The van der Waals surface area contributed by atoms with E-state index >= 15 is 0 Å². The molecule has 0 bridgehead atoms. The molecule has 0 radical (unpaired) electrons. The molecule has 1 amide bonds. The third kappa shape index (κ3) is 3.59. The zero-order valence-corrected chi connectivity index (χ0v) is 14.3. The third-order valence-electron chi connectivity index (χ3n) is 4.15. The summed E-state index contributed by atoms with van der Waals surface area (Å²) in [5, 5.41) is 10.0. The first-order valence-corrected chi connectivity index (χ1v) is 8.71. The normalized spacial score (nSPS) is 14.5. The smallest absolute Gasteiger partial charge is 0.232 e. The van der Waals surface area contributed by atoms with Crippen molar-refractivity contribution in [3.63, 3.8) is 0 Å². The van der Waals surface area contributed by atoms with E-state index in [1.807, 2.05) is 12.1 Å². The molecule has 1 aliphatic rings. The number of ether oxygens (including phenoxy) is 1. The van der Waals surface area contributed by atoms with Crippen molar-refractivity contribution in [3.8, 4) is 10.6 Å². The highest BCUT2D eigenvalue weighted by atomic mass is 32.1. The van der Waals surface area contributed by atoms with Gasteiger partial charge in [0.15, 0.2) is 0 Å². The van der Waals surface area contributed by atoms with Crippen LogP contribution in [0.3, 0.4) is 0 Å². The minimum atomic E-state index is 0.137. The average Bonchev–Trinajstić information content (AvgIpc) is 2.95. The van der Waals surface area contributed by atoms with Gasteiger partial charge < -0.3 is 4.74 Å². The molecule has 0 saturated heterocycles. The van der Waals surface area contributed by atoms with Gasteiger partial charge in [0.05, 0.1) is 13.2 Å². The Morgan fingerprint density at radius 3 is 2.87 bits per heavy atom. The fourth-order valence-electron chi connectivity index (χ4n) is 2.58. The van der Waals surface area contributed by atoms with Crippen molar-refractivity contribution in [1.82, 2.24) is 10.2 Å². The van der Waals surface area contributed by atoms with Gasteiger partial charge in [0, 0.05) is 18.6 Å². The Bertz CT molecular complexity index is 682. The Balaban J connectivity index is 1.83. The van der Waals surface area contributed by atoms with Gasteiger partial charge in [0.25, 0.3) is 0 Å². The lowest BCUT2D eigenvalue weighted by molar-refractivity contribution is -0.124. The highest BCUT2D eigenvalue weighted by Gasteiger charge is 2.31. The Kier molecular flexibility index (Phi) is 5.03.